The number of aryl methyl sites for hydroxylation is 1. The van der Waals surface area contributed by atoms with Gasteiger partial charge in [-0.3, -0.25) is 9.59 Å². The molecule has 106 valence electrons. The first-order valence-electron chi connectivity index (χ1n) is 6.40. The van der Waals surface area contributed by atoms with Crippen LogP contribution in [0.1, 0.15) is 18.5 Å². The number of hydrogen-bond acceptors (Lipinski definition) is 6. The number of rotatable bonds is 2. The number of hydrogen-bond donors (Lipinski definition) is 1. The predicted molar refractivity (Wildman–Crippen MR) is 74.4 cm³/mol. The Kier molecular flexibility index (Phi) is 3.17. The normalized spacial score (nSPS) is 16.8. The molecule has 1 aliphatic rings. The molecule has 7 nitrogen and oxygen atoms in total. The summed E-state index contributed by atoms with van der Waals surface area (Å²) < 4.78 is 1.30. The molecular weight excluding hydrogens is 280 g/mol. The molecule has 3 rings (SSSR count). The van der Waals surface area contributed by atoms with Crippen LogP contribution in [0.5, 0.6) is 0 Å². The van der Waals surface area contributed by atoms with E-state index in [1.54, 1.807) is 6.92 Å². The molecule has 1 aliphatic heterocycles. The van der Waals surface area contributed by atoms with Crippen molar-refractivity contribution in [2.75, 3.05) is 18.0 Å². The monoisotopic (exact) mass is 294 g/mol. The van der Waals surface area contributed by atoms with Crippen molar-refractivity contribution in [2.45, 2.75) is 19.8 Å². The quantitative estimate of drug-likeness (QED) is 0.880. The minimum Gasteiger partial charge on any atom is -0.481 e. The summed E-state index contributed by atoms with van der Waals surface area (Å²) in [5.41, 5.74) is 0.491. The highest BCUT2D eigenvalue weighted by atomic mass is 32.1. The van der Waals surface area contributed by atoms with Gasteiger partial charge >= 0.3 is 5.97 Å². The van der Waals surface area contributed by atoms with Crippen molar-refractivity contribution >= 4 is 27.4 Å². The van der Waals surface area contributed by atoms with E-state index in [9.17, 15) is 9.59 Å². The second kappa shape index (κ2) is 4.86. The van der Waals surface area contributed by atoms with Crippen LogP contribution in [0.25, 0.3) is 4.96 Å². The summed E-state index contributed by atoms with van der Waals surface area (Å²) in [6.07, 6.45) is 1.21. The maximum absolute atomic E-state index is 11.8. The average Bonchev–Trinajstić information content (AvgIpc) is 2.83. The Labute approximate surface area is 118 Å². The van der Waals surface area contributed by atoms with E-state index in [2.05, 4.69) is 10.1 Å². The molecule has 0 saturated carbocycles. The van der Waals surface area contributed by atoms with Crippen LogP contribution in [0.4, 0.5) is 5.13 Å². The van der Waals surface area contributed by atoms with Crippen molar-refractivity contribution in [3.8, 4) is 0 Å². The number of anilines is 1. The summed E-state index contributed by atoms with van der Waals surface area (Å²) in [5.74, 6) is -1.01. The fourth-order valence-electron chi connectivity index (χ4n) is 2.36. The maximum atomic E-state index is 11.8. The maximum Gasteiger partial charge on any atom is 0.306 e. The molecule has 0 aromatic carbocycles. The van der Waals surface area contributed by atoms with Crippen LogP contribution < -0.4 is 10.5 Å². The van der Waals surface area contributed by atoms with Gasteiger partial charge in [-0.2, -0.15) is 4.52 Å². The van der Waals surface area contributed by atoms with Crippen molar-refractivity contribution in [3.63, 3.8) is 0 Å². The lowest BCUT2D eigenvalue weighted by Crippen LogP contribution is -2.36. The summed E-state index contributed by atoms with van der Waals surface area (Å²) in [4.78, 5) is 29.6. The first kappa shape index (κ1) is 13.0. The molecule has 1 fully saturated rings. The van der Waals surface area contributed by atoms with Crippen molar-refractivity contribution in [2.24, 2.45) is 5.92 Å². The molecule has 0 bridgehead atoms. The third kappa shape index (κ3) is 2.26. The van der Waals surface area contributed by atoms with Gasteiger partial charge in [0.05, 0.1) is 5.92 Å². The lowest BCUT2D eigenvalue weighted by atomic mass is 9.98. The molecule has 2 aromatic heterocycles. The first-order valence-corrected chi connectivity index (χ1v) is 7.21. The molecular formula is C12H14N4O3S. The molecule has 20 heavy (non-hydrogen) atoms. The largest absolute Gasteiger partial charge is 0.481 e. The zero-order valence-corrected chi connectivity index (χ0v) is 11.8. The lowest BCUT2D eigenvalue weighted by Gasteiger charge is -2.29. The molecule has 0 unspecified atom stereocenters. The number of aliphatic carboxylic acids is 1. The highest BCUT2D eigenvalue weighted by Crippen LogP contribution is 2.26. The third-order valence-corrected chi connectivity index (χ3v) is 4.45. The van der Waals surface area contributed by atoms with Crippen LogP contribution in [0.3, 0.4) is 0 Å². The SMILES string of the molecule is Cc1cc(=O)n2nc(N3CCC(C(=O)O)CC3)sc2n1. The Morgan fingerprint density at radius 3 is 2.80 bits per heavy atom. The van der Waals surface area contributed by atoms with Gasteiger partial charge in [-0.1, -0.05) is 11.3 Å². The van der Waals surface area contributed by atoms with Gasteiger partial charge in [0.2, 0.25) is 10.1 Å². The number of nitrogens with zero attached hydrogens (tertiary/aromatic N) is 4. The van der Waals surface area contributed by atoms with Crippen molar-refractivity contribution in [1.29, 1.82) is 0 Å². The van der Waals surface area contributed by atoms with Gasteiger partial charge in [-0.25, -0.2) is 4.98 Å². The van der Waals surface area contributed by atoms with Gasteiger partial charge in [0.15, 0.2) is 0 Å². The van der Waals surface area contributed by atoms with Gasteiger partial charge in [-0.05, 0) is 19.8 Å². The molecule has 0 amide bonds. The van der Waals surface area contributed by atoms with Crippen LogP contribution in [-0.2, 0) is 4.79 Å². The Morgan fingerprint density at radius 1 is 1.45 bits per heavy atom. The molecule has 0 spiro atoms. The zero-order valence-electron chi connectivity index (χ0n) is 10.9. The van der Waals surface area contributed by atoms with Gasteiger partial charge in [0, 0.05) is 24.8 Å². The van der Waals surface area contributed by atoms with E-state index in [4.69, 9.17) is 5.11 Å². The average molecular weight is 294 g/mol. The number of fused-ring (bicyclic) bond motifs is 1. The van der Waals surface area contributed by atoms with Gasteiger partial charge < -0.3 is 10.0 Å². The molecule has 0 atom stereocenters. The van der Waals surface area contributed by atoms with Crippen LogP contribution in [-0.4, -0.2) is 38.8 Å². The van der Waals surface area contributed by atoms with E-state index >= 15 is 0 Å². The molecule has 1 N–H and O–H groups in total. The first-order chi connectivity index (χ1) is 9.54. The van der Waals surface area contributed by atoms with Gasteiger partial charge in [-0.15, -0.1) is 5.10 Å². The summed E-state index contributed by atoms with van der Waals surface area (Å²) in [7, 11) is 0. The third-order valence-electron chi connectivity index (χ3n) is 3.48. The topological polar surface area (TPSA) is 87.8 Å². The Morgan fingerprint density at radius 2 is 2.15 bits per heavy atom. The molecule has 1 saturated heterocycles. The van der Waals surface area contributed by atoms with Crippen molar-refractivity contribution in [3.05, 3.63) is 22.1 Å². The molecule has 8 heteroatoms. The summed E-state index contributed by atoms with van der Waals surface area (Å²) in [6.45, 7) is 3.06. The van der Waals surface area contributed by atoms with E-state index in [0.29, 0.717) is 36.6 Å². The van der Waals surface area contributed by atoms with Crippen LogP contribution in [0.2, 0.25) is 0 Å². The van der Waals surface area contributed by atoms with E-state index in [1.807, 2.05) is 4.90 Å². The van der Waals surface area contributed by atoms with Crippen LogP contribution >= 0.6 is 11.3 Å². The van der Waals surface area contributed by atoms with E-state index in [1.165, 1.54) is 21.9 Å². The number of carboxylic acid groups (broad SMARTS) is 1. The van der Waals surface area contributed by atoms with Crippen LogP contribution in [0.15, 0.2) is 10.9 Å². The fraction of sp³-hybridized carbons (Fsp3) is 0.500. The van der Waals surface area contributed by atoms with Crippen molar-refractivity contribution < 1.29 is 9.90 Å². The summed E-state index contributed by atoms with van der Waals surface area (Å²) in [6, 6.07) is 1.45. The fourth-order valence-corrected chi connectivity index (χ4v) is 3.36. The second-order valence-corrected chi connectivity index (χ2v) is 5.85. The van der Waals surface area contributed by atoms with Crippen LogP contribution in [0, 0.1) is 12.8 Å². The number of aromatic nitrogens is 3. The Balaban J connectivity index is 1.87. The predicted octanol–water partition coefficient (Wildman–Crippen LogP) is 0.760. The minimum absolute atomic E-state index is 0.185. The highest BCUT2D eigenvalue weighted by molar-refractivity contribution is 7.20. The van der Waals surface area contributed by atoms with E-state index in [-0.39, 0.29) is 11.5 Å². The van der Waals surface area contributed by atoms with Gasteiger partial charge in [0.25, 0.3) is 5.56 Å². The molecule has 3 heterocycles. The lowest BCUT2D eigenvalue weighted by molar-refractivity contribution is -0.142. The number of carbonyl (C=O) groups is 1. The van der Waals surface area contributed by atoms with E-state index < -0.39 is 5.97 Å². The molecule has 2 aromatic rings. The smallest absolute Gasteiger partial charge is 0.306 e. The highest BCUT2D eigenvalue weighted by Gasteiger charge is 2.26. The Bertz CT molecular complexity index is 715. The molecule has 0 radical (unpaired) electrons. The molecule has 0 aliphatic carbocycles. The minimum atomic E-state index is -0.734. The number of piperidine rings is 1. The van der Waals surface area contributed by atoms with E-state index in [0.717, 1.165) is 5.13 Å². The zero-order chi connectivity index (χ0) is 14.3. The summed E-state index contributed by atoms with van der Waals surface area (Å²) >= 11 is 1.36. The standard InChI is InChI=1S/C12H14N4O3S/c1-7-6-9(17)16-11(13-7)20-12(14-16)15-4-2-8(3-5-15)10(18)19/h6,8H,2-5H2,1H3,(H,18,19). The second-order valence-electron chi connectivity index (χ2n) is 4.91. The van der Waals surface area contributed by atoms with Crippen molar-refractivity contribution in [1.82, 2.24) is 14.6 Å². The number of carboxylic acids is 1. The van der Waals surface area contributed by atoms with Gasteiger partial charge in [0.1, 0.15) is 0 Å². The summed E-state index contributed by atoms with van der Waals surface area (Å²) in [5, 5.41) is 14.0. The Hall–Kier alpha value is -1.96.